The molecule has 1 saturated carbocycles. The molecule has 0 N–H and O–H groups in total. The number of benzene rings is 2. The molecule has 34 heavy (non-hydrogen) atoms. The molecule has 0 amide bonds. The van der Waals surface area contributed by atoms with Gasteiger partial charge in [0.05, 0.1) is 4.47 Å². The molecule has 0 bridgehead atoms. The van der Waals surface area contributed by atoms with E-state index in [1.807, 2.05) is 18.2 Å². The Morgan fingerprint density at radius 2 is 1.53 bits per heavy atom. The summed E-state index contributed by atoms with van der Waals surface area (Å²) in [6.45, 7) is 4.49. The molecule has 3 nitrogen and oxygen atoms in total. The van der Waals surface area contributed by atoms with Crippen molar-refractivity contribution in [1.82, 2.24) is 0 Å². The van der Waals surface area contributed by atoms with Crippen LogP contribution in [0.5, 0.6) is 5.75 Å². The topological polar surface area (TPSA) is 35.5 Å². The van der Waals surface area contributed by atoms with E-state index in [-0.39, 0.29) is 6.10 Å². The molecule has 2 aromatic rings. The van der Waals surface area contributed by atoms with Gasteiger partial charge in [0.2, 0.25) is 0 Å². The second-order valence-corrected chi connectivity index (χ2v) is 10.6. The highest BCUT2D eigenvalue weighted by atomic mass is 79.9. The summed E-state index contributed by atoms with van der Waals surface area (Å²) in [6, 6.07) is 14.6. The summed E-state index contributed by atoms with van der Waals surface area (Å²) in [5.41, 5.74) is 3.63. The number of halogens is 1. The predicted molar refractivity (Wildman–Crippen MR) is 144 cm³/mol. The van der Waals surface area contributed by atoms with Crippen LogP contribution >= 0.6 is 15.9 Å². The predicted octanol–water partition coefficient (Wildman–Crippen LogP) is 9.89. The van der Waals surface area contributed by atoms with Crippen LogP contribution in [-0.4, -0.2) is 12.3 Å². The Kier molecular flexibility index (Phi) is 11.5. The zero-order valence-electron chi connectivity index (χ0n) is 21.0. The number of carbonyl (C=O) groups excluding carboxylic acids is 1. The van der Waals surface area contributed by atoms with Crippen molar-refractivity contribution in [2.45, 2.75) is 103 Å². The molecule has 0 atom stereocenters. The first kappa shape index (κ1) is 26.8. The maximum atomic E-state index is 12.4. The fraction of sp³-hybridized carbons (Fsp3) is 0.567. The van der Waals surface area contributed by atoms with Crippen LogP contribution in [0.3, 0.4) is 0 Å². The van der Waals surface area contributed by atoms with E-state index in [0.29, 0.717) is 5.75 Å². The smallest absolute Gasteiger partial charge is 0.431 e. The molecular formula is C30H41BrO3. The van der Waals surface area contributed by atoms with Crippen LogP contribution in [0.2, 0.25) is 0 Å². The lowest BCUT2D eigenvalue weighted by Gasteiger charge is -2.28. The van der Waals surface area contributed by atoms with Crippen LogP contribution < -0.4 is 4.74 Å². The molecule has 186 valence electrons. The van der Waals surface area contributed by atoms with Crippen LogP contribution in [0.25, 0.3) is 11.1 Å². The molecule has 0 unspecified atom stereocenters. The number of hydrogen-bond acceptors (Lipinski definition) is 3. The highest BCUT2D eigenvalue weighted by Gasteiger charge is 2.24. The molecule has 0 heterocycles. The maximum Gasteiger partial charge on any atom is 0.514 e. The average Bonchev–Trinajstić information content (AvgIpc) is 2.85. The van der Waals surface area contributed by atoms with Crippen LogP contribution in [0.15, 0.2) is 46.9 Å². The first-order valence-corrected chi connectivity index (χ1v) is 14.2. The van der Waals surface area contributed by atoms with Gasteiger partial charge in [-0.3, -0.25) is 0 Å². The van der Waals surface area contributed by atoms with E-state index in [1.54, 1.807) is 0 Å². The van der Waals surface area contributed by atoms with Crippen LogP contribution in [0, 0.1) is 5.92 Å². The number of ether oxygens (including phenoxy) is 2. The summed E-state index contributed by atoms with van der Waals surface area (Å²) in [5, 5.41) is 0. The molecule has 1 aliphatic carbocycles. The van der Waals surface area contributed by atoms with Crippen molar-refractivity contribution in [3.05, 3.63) is 52.5 Å². The van der Waals surface area contributed by atoms with Gasteiger partial charge in [-0.15, -0.1) is 0 Å². The van der Waals surface area contributed by atoms with Gasteiger partial charge in [0.25, 0.3) is 0 Å². The molecule has 0 aliphatic heterocycles. The van der Waals surface area contributed by atoms with E-state index >= 15 is 0 Å². The van der Waals surface area contributed by atoms with E-state index in [0.717, 1.165) is 53.6 Å². The van der Waals surface area contributed by atoms with Crippen LogP contribution in [-0.2, 0) is 11.2 Å². The Balaban J connectivity index is 1.46. The lowest BCUT2D eigenvalue weighted by Crippen LogP contribution is -2.26. The fourth-order valence-corrected chi connectivity index (χ4v) is 5.31. The molecule has 2 aromatic carbocycles. The van der Waals surface area contributed by atoms with Crippen LogP contribution in [0.1, 0.15) is 96.5 Å². The fourth-order valence-electron chi connectivity index (χ4n) is 4.85. The minimum Gasteiger partial charge on any atom is -0.431 e. The maximum absolute atomic E-state index is 12.4. The summed E-state index contributed by atoms with van der Waals surface area (Å²) in [5.74, 6) is 1.29. The van der Waals surface area contributed by atoms with Crippen molar-refractivity contribution in [2.24, 2.45) is 5.92 Å². The third-order valence-electron chi connectivity index (χ3n) is 7.00. The van der Waals surface area contributed by atoms with Gasteiger partial charge < -0.3 is 9.47 Å². The summed E-state index contributed by atoms with van der Waals surface area (Å²) in [4.78, 5) is 12.4. The van der Waals surface area contributed by atoms with Crippen molar-refractivity contribution in [1.29, 1.82) is 0 Å². The number of hydrogen-bond donors (Lipinski definition) is 0. The Morgan fingerprint density at radius 3 is 2.21 bits per heavy atom. The molecular weight excluding hydrogens is 488 g/mol. The number of aryl methyl sites for hydroxylation is 1. The van der Waals surface area contributed by atoms with Crippen molar-refractivity contribution >= 4 is 22.1 Å². The average molecular weight is 530 g/mol. The number of unbranched alkanes of at least 4 members (excludes halogenated alkanes) is 5. The SMILES string of the molecule is CCCCCCc1ccc(-c2ccc(OC(=O)OC3CCC(CCCCC)CC3)c(Br)c2)cc1. The normalized spacial score (nSPS) is 18.0. The van der Waals surface area contributed by atoms with E-state index in [4.69, 9.17) is 9.47 Å². The van der Waals surface area contributed by atoms with Gasteiger partial charge in [0.15, 0.2) is 0 Å². The molecule has 0 aromatic heterocycles. The number of carbonyl (C=O) groups is 1. The summed E-state index contributed by atoms with van der Waals surface area (Å²) >= 11 is 3.57. The summed E-state index contributed by atoms with van der Waals surface area (Å²) in [6.07, 6.45) is 15.1. The van der Waals surface area contributed by atoms with E-state index < -0.39 is 6.16 Å². The van der Waals surface area contributed by atoms with E-state index in [1.165, 1.54) is 56.9 Å². The molecule has 1 aliphatic rings. The van der Waals surface area contributed by atoms with Crippen molar-refractivity contribution < 1.29 is 14.3 Å². The van der Waals surface area contributed by atoms with Crippen molar-refractivity contribution in [3.8, 4) is 16.9 Å². The Hall–Kier alpha value is -1.81. The number of rotatable bonds is 12. The first-order valence-electron chi connectivity index (χ1n) is 13.4. The quantitative estimate of drug-likeness (QED) is 0.156. The minimum atomic E-state index is -0.602. The van der Waals surface area contributed by atoms with Gasteiger partial charge in [-0.1, -0.05) is 89.1 Å². The minimum absolute atomic E-state index is 0.0199. The molecule has 3 rings (SSSR count). The third kappa shape index (κ3) is 8.76. The van der Waals surface area contributed by atoms with Crippen molar-refractivity contribution in [3.63, 3.8) is 0 Å². The zero-order chi connectivity index (χ0) is 24.2. The largest absolute Gasteiger partial charge is 0.514 e. The van der Waals surface area contributed by atoms with Gasteiger partial charge in [-0.25, -0.2) is 4.79 Å². The van der Waals surface area contributed by atoms with Gasteiger partial charge >= 0.3 is 6.16 Å². The van der Waals surface area contributed by atoms with Gasteiger partial charge in [-0.05, 0) is 89.2 Å². The molecule has 1 fully saturated rings. The summed E-state index contributed by atoms with van der Waals surface area (Å²) in [7, 11) is 0. The highest BCUT2D eigenvalue weighted by Crippen LogP contribution is 2.33. The molecule has 0 saturated heterocycles. The standard InChI is InChI=1S/C30H41BrO3/c1-3-5-7-9-11-23-12-16-25(17-13-23)26-18-21-29(28(31)22-26)34-30(32)33-27-19-14-24(15-20-27)10-8-6-4-2/h12-13,16-18,21-22,24,27H,3-11,14-15,19-20H2,1-2H3. The Labute approximate surface area is 214 Å². The van der Waals surface area contributed by atoms with Gasteiger partial charge in [-0.2, -0.15) is 0 Å². The third-order valence-corrected chi connectivity index (χ3v) is 7.62. The monoisotopic (exact) mass is 528 g/mol. The van der Waals surface area contributed by atoms with E-state index in [2.05, 4.69) is 54.0 Å². The Morgan fingerprint density at radius 1 is 0.853 bits per heavy atom. The Bertz CT molecular complexity index is 869. The second-order valence-electron chi connectivity index (χ2n) is 9.76. The first-order chi connectivity index (χ1) is 16.6. The van der Waals surface area contributed by atoms with Crippen molar-refractivity contribution in [2.75, 3.05) is 0 Å². The lowest BCUT2D eigenvalue weighted by molar-refractivity contribution is 0.0327. The van der Waals surface area contributed by atoms with Gasteiger partial charge in [0, 0.05) is 0 Å². The van der Waals surface area contributed by atoms with Gasteiger partial charge in [0.1, 0.15) is 11.9 Å². The summed E-state index contributed by atoms with van der Waals surface area (Å²) < 4.78 is 11.9. The zero-order valence-corrected chi connectivity index (χ0v) is 22.6. The molecule has 4 heteroatoms. The second kappa shape index (κ2) is 14.6. The highest BCUT2D eigenvalue weighted by molar-refractivity contribution is 9.10. The lowest BCUT2D eigenvalue weighted by atomic mass is 9.84. The van der Waals surface area contributed by atoms with Crippen LogP contribution in [0.4, 0.5) is 4.79 Å². The molecule has 0 spiro atoms. The molecule has 0 radical (unpaired) electrons. The van der Waals surface area contributed by atoms with E-state index in [9.17, 15) is 4.79 Å².